The molecule has 1 fully saturated rings. The smallest absolute Gasteiger partial charge is 0.115 e. The van der Waals surface area contributed by atoms with Crippen molar-refractivity contribution in [1.82, 2.24) is 9.88 Å². The van der Waals surface area contributed by atoms with Gasteiger partial charge in [-0.3, -0.25) is 4.90 Å². The molecule has 0 aliphatic carbocycles. The van der Waals surface area contributed by atoms with Crippen molar-refractivity contribution in [2.75, 3.05) is 13.1 Å². The van der Waals surface area contributed by atoms with E-state index in [2.05, 4.69) is 40.2 Å². The van der Waals surface area contributed by atoms with E-state index in [0.29, 0.717) is 11.7 Å². The molecule has 1 unspecified atom stereocenters. The maximum absolute atomic E-state index is 9.64. The van der Waals surface area contributed by atoms with Crippen LogP contribution in [0.1, 0.15) is 23.5 Å². The highest BCUT2D eigenvalue weighted by Crippen LogP contribution is 2.30. The highest BCUT2D eigenvalue weighted by Gasteiger charge is 2.24. The van der Waals surface area contributed by atoms with Crippen LogP contribution in [0.25, 0.3) is 10.9 Å². The lowest BCUT2D eigenvalue weighted by Crippen LogP contribution is -2.19. The van der Waals surface area contributed by atoms with Gasteiger partial charge in [0.1, 0.15) is 5.75 Å². The summed E-state index contributed by atoms with van der Waals surface area (Å²) < 4.78 is 0. The van der Waals surface area contributed by atoms with E-state index in [1.165, 1.54) is 22.0 Å². The summed E-state index contributed by atoms with van der Waals surface area (Å²) in [4.78, 5) is 5.74. The first kappa shape index (κ1) is 13.4. The van der Waals surface area contributed by atoms with Gasteiger partial charge in [-0.2, -0.15) is 0 Å². The number of aromatic hydroxyl groups is 1. The lowest BCUT2D eigenvalue weighted by atomic mass is 9.98. The van der Waals surface area contributed by atoms with Gasteiger partial charge in [0.05, 0.1) is 0 Å². The first-order valence-corrected chi connectivity index (χ1v) is 7.85. The molecule has 3 aromatic rings. The SMILES string of the molecule is Oc1cccc(C2CCN(Cc3ccc4[nH]ccc4c3)C2)c1. The van der Waals surface area contributed by atoms with E-state index >= 15 is 0 Å². The third-order valence-corrected chi connectivity index (χ3v) is 4.64. The molecular formula is C19H20N2O. The lowest BCUT2D eigenvalue weighted by Gasteiger charge is -2.16. The number of fused-ring (bicyclic) bond motifs is 1. The topological polar surface area (TPSA) is 39.3 Å². The summed E-state index contributed by atoms with van der Waals surface area (Å²) in [7, 11) is 0. The van der Waals surface area contributed by atoms with Crippen molar-refractivity contribution in [1.29, 1.82) is 0 Å². The van der Waals surface area contributed by atoms with Crippen molar-refractivity contribution in [2.24, 2.45) is 0 Å². The molecule has 0 radical (unpaired) electrons. The van der Waals surface area contributed by atoms with Crippen molar-refractivity contribution in [3.63, 3.8) is 0 Å². The molecule has 3 heteroatoms. The fourth-order valence-corrected chi connectivity index (χ4v) is 3.49. The molecule has 1 aliphatic heterocycles. The van der Waals surface area contributed by atoms with Crippen LogP contribution in [-0.2, 0) is 6.54 Å². The zero-order valence-electron chi connectivity index (χ0n) is 12.5. The Kier molecular flexibility index (Phi) is 3.35. The minimum atomic E-state index is 0.369. The standard InChI is InChI=1S/C19H20N2O/c22-18-3-1-2-15(11-18)17-7-9-21(13-17)12-14-4-5-19-16(10-14)6-8-20-19/h1-6,8,10-11,17,20,22H,7,9,12-13H2. The predicted octanol–water partition coefficient (Wildman–Crippen LogP) is 3.86. The second-order valence-electron chi connectivity index (χ2n) is 6.21. The Labute approximate surface area is 130 Å². The summed E-state index contributed by atoms with van der Waals surface area (Å²) in [5, 5.41) is 10.9. The molecule has 1 atom stereocenters. The summed E-state index contributed by atoms with van der Waals surface area (Å²) in [6.07, 6.45) is 3.15. The van der Waals surface area contributed by atoms with Gasteiger partial charge >= 0.3 is 0 Å². The lowest BCUT2D eigenvalue weighted by molar-refractivity contribution is 0.327. The van der Waals surface area contributed by atoms with Crippen molar-refractivity contribution < 1.29 is 5.11 Å². The van der Waals surface area contributed by atoms with Crippen LogP contribution >= 0.6 is 0 Å². The Balaban J connectivity index is 1.46. The fourth-order valence-electron chi connectivity index (χ4n) is 3.49. The predicted molar refractivity (Wildman–Crippen MR) is 89.0 cm³/mol. The molecule has 0 bridgehead atoms. The van der Waals surface area contributed by atoms with E-state index in [1.807, 2.05) is 18.3 Å². The number of rotatable bonds is 3. The summed E-state index contributed by atoms with van der Waals surface area (Å²) in [6.45, 7) is 3.18. The van der Waals surface area contributed by atoms with Crippen LogP contribution in [0.4, 0.5) is 0 Å². The van der Waals surface area contributed by atoms with E-state index < -0.39 is 0 Å². The number of nitrogens with one attached hydrogen (secondary N) is 1. The van der Waals surface area contributed by atoms with E-state index in [1.54, 1.807) is 6.07 Å². The molecular weight excluding hydrogens is 272 g/mol. The quantitative estimate of drug-likeness (QED) is 0.769. The van der Waals surface area contributed by atoms with Crippen LogP contribution in [0.5, 0.6) is 5.75 Å². The number of aromatic amines is 1. The van der Waals surface area contributed by atoms with Gasteiger partial charge < -0.3 is 10.1 Å². The molecule has 22 heavy (non-hydrogen) atoms. The molecule has 2 aromatic carbocycles. The Morgan fingerprint density at radius 1 is 1.14 bits per heavy atom. The molecule has 1 aliphatic rings. The van der Waals surface area contributed by atoms with Crippen LogP contribution < -0.4 is 0 Å². The second kappa shape index (κ2) is 5.50. The van der Waals surface area contributed by atoms with Gasteiger partial charge in [0.2, 0.25) is 0 Å². The van der Waals surface area contributed by atoms with E-state index in [0.717, 1.165) is 26.1 Å². The maximum atomic E-state index is 9.64. The Bertz CT molecular complexity index is 793. The monoisotopic (exact) mass is 292 g/mol. The van der Waals surface area contributed by atoms with Crippen LogP contribution in [0.3, 0.4) is 0 Å². The zero-order chi connectivity index (χ0) is 14.9. The van der Waals surface area contributed by atoms with E-state index in [-0.39, 0.29) is 0 Å². The minimum absolute atomic E-state index is 0.369. The molecule has 2 N–H and O–H groups in total. The van der Waals surface area contributed by atoms with Crippen molar-refractivity contribution in [3.05, 3.63) is 65.9 Å². The Morgan fingerprint density at radius 2 is 2.09 bits per heavy atom. The van der Waals surface area contributed by atoms with Gasteiger partial charge in [0.25, 0.3) is 0 Å². The van der Waals surface area contributed by atoms with Gasteiger partial charge in [-0.05, 0) is 65.7 Å². The normalized spacial score (nSPS) is 19.0. The number of aromatic nitrogens is 1. The van der Waals surface area contributed by atoms with Crippen LogP contribution in [-0.4, -0.2) is 28.1 Å². The average molecular weight is 292 g/mol. The molecule has 1 aromatic heterocycles. The fraction of sp³-hybridized carbons (Fsp3) is 0.263. The van der Waals surface area contributed by atoms with Gasteiger partial charge in [0.15, 0.2) is 0 Å². The van der Waals surface area contributed by atoms with Crippen LogP contribution in [0, 0.1) is 0 Å². The molecule has 2 heterocycles. The Morgan fingerprint density at radius 3 is 3.00 bits per heavy atom. The molecule has 3 nitrogen and oxygen atoms in total. The third-order valence-electron chi connectivity index (χ3n) is 4.64. The van der Waals surface area contributed by atoms with Gasteiger partial charge in [-0.15, -0.1) is 0 Å². The van der Waals surface area contributed by atoms with Gasteiger partial charge in [-0.1, -0.05) is 18.2 Å². The number of hydrogen-bond acceptors (Lipinski definition) is 2. The largest absolute Gasteiger partial charge is 0.508 e. The number of benzene rings is 2. The number of likely N-dealkylation sites (tertiary alicyclic amines) is 1. The number of phenolic OH excluding ortho intramolecular Hbond substituents is 1. The molecule has 0 saturated carbocycles. The van der Waals surface area contributed by atoms with E-state index in [4.69, 9.17) is 0 Å². The van der Waals surface area contributed by atoms with Crippen LogP contribution in [0.15, 0.2) is 54.7 Å². The molecule has 4 rings (SSSR count). The molecule has 0 spiro atoms. The highest BCUT2D eigenvalue weighted by molar-refractivity contribution is 5.79. The van der Waals surface area contributed by atoms with Crippen LogP contribution in [0.2, 0.25) is 0 Å². The van der Waals surface area contributed by atoms with Gasteiger partial charge in [-0.25, -0.2) is 0 Å². The number of H-pyrrole nitrogens is 1. The molecule has 112 valence electrons. The number of hydrogen-bond donors (Lipinski definition) is 2. The zero-order valence-corrected chi connectivity index (χ0v) is 12.5. The third kappa shape index (κ3) is 2.60. The maximum Gasteiger partial charge on any atom is 0.115 e. The average Bonchev–Trinajstić information content (AvgIpc) is 3.16. The van der Waals surface area contributed by atoms with Crippen molar-refractivity contribution in [3.8, 4) is 5.75 Å². The van der Waals surface area contributed by atoms with E-state index in [9.17, 15) is 5.11 Å². The number of phenols is 1. The minimum Gasteiger partial charge on any atom is -0.508 e. The summed E-state index contributed by atoms with van der Waals surface area (Å²) in [5.74, 6) is 0.900. The summed E-state index contributed by atoms with van der Waals surface area (Å²) in [6, 6.07) is 16.5. The summed E-state index contributed by atoms with van der Waals surface area (Å²) in [5.41, 5.74) is 3.81. The summed E-state index contributed by atoms with van der Waals surface area (Å²) >= 11 is 0. The Hall–Kier alpha value is -2.26. The van der Waals surface area contributed by atoms with Gasteiger partial charge in [0, 0.05) is 24.8 Å². The first-order chi connectivity index (χ1) is 10.8. The number of nitrogens with zero attached hydrogens (tertiary/aromatic N) is 1. The van der Waals surface area contributed by atoms with Crippen molar-refractivity contribution in [2.45, 2.75) is 18.9 Å². The first-order valence-electron chi connectivity index (χ1n) is 7.85. The van der Waals surface area contributed by atoms with Crippen molar-refractivity contribution >= 4 is 10.9 Å². The molecule has 0 amide bonds. The second-order valence-corrected chi connectivity index (χ2v) is 6.21. The molecule has 1 saturated heterocycles. The highest BCUT2D eigenvalue weighted by atomic mass is 16.3.